The minimum Gasteiger partial charge on any atom is -0.376 e. The Balaban J connectivity index is 2.43. The Morgan fingerprint density at radius 3 is 2.87 bits per heavy atom. The molecule has 1 aliphatic rings. The van der Waals surface area contributed by atoms with Crippen LogP contribution in [0.3, 0.4) is 0 Å². The Labute approximate surface area is 96.7 Å². The van der Waals surface area contributed by atoms with Crippen LogP contribution in [0.15, 0.2) is 0 Å². The molecule has 1 saturated heterocycles. The summed E-state index contributed by atoms with van der Waals surface area (Å²) in [4.78, 5) is 13.7. The summed E-state index contributed by atoms with van der Waals surface area (Å²) in [7, 11) is 0. The molecule has 1 aliphatic heterocycles. The van der Waals surface area contributed by atoms with Gasteiger partial charge in [0.15, 0.2) is 0 Å². The molecule has 0 bridgehead atoms. The summed E-state index contributed by atoms with van der Waals surface area (Å²) in [6.07, 6.45) is 2.41. The first-order valence-electron chi connectivity index (χ1n) is 5.65. The van der Waals surface area contributed by atoms with Crippen LogP contribution in [0.4, 0.5) is 0 Å². The van der Waals surface area contributed by atoms with E-state index in [1.807, 2.05) is 18.7 Å². The molecule has 88 valence electrons. The van der Waals surface area contributed by atoms with Gasteiger partial charge in [0.25, 0.3) is 0 Å². The number of nitrogens with zero attached hydrogens (tertiary/aromatic N) is 1. The molecule has 1 fully saturated rings. The average molecular weight is 234 g/mol. The molecule has 0 N–H and O–H groups in total. The second-order valence-corrected chi connectivity index (χ2v) is 4.38. The molecule has 15 heavy (non-hydrogen) atoms. The molecule has 1 amide bonds. The van der Waals surface area contributed by atoms with E-state index in [0.717, 1.165) is 32.5 Å². The van der Waals surface area contributed by atoms with Crippen molar-refractivity contribution in [2.75, 3.05) is 25.6 Å². The normalized spacial score (nSPS) is 22.7. The standard InChI is InChI=1S/C11H20ClNO2/c1-3-13(11(14)9(2)7-12)8-10-5-4-6-15-10/h9-10H,3-8H2,1-2H3. The van der Waals surface area contributed by atoms with Crippen LogP contribution in [0.2, 0.25) is 0 Å². The number of likely N-dealkylation sites (N-methyl/N-ethyl adjacent to an activating group) is 1. The quantitative estimate of drug-likeness (QED) is 0.679. The fourth-order valence-electron chi connectivity index (χ4n) is 1.79. The van der Waals surface area contributed by atoms with Gasteiger partial charge in [-0.05, 0) is 19.8 Å². The van der Waals surface area contributed by atoms with E-state index in [9.17, 15) is 4.79 Å². The van der Waals surface area contributed by atoms with Gasteiger partial charge in [-0.1, -0.05) is 6.92 Å². The summed E-state index contributed by atoms with van der Waals surface area (Å²) in [6.45, 7) is 6.15. The van der Waals surface area contributed by atoms with Crippen LogP contribution in [-0.4, -0.2) is 42.5 Å². The maximum atomic E-state index is 11.9. The van der Waals surface area contributed by atoms with Crippen LogP contribution in [0.5, 0.6) is 0 Å². The molecule has 1 heterocycles. The van der Waals surface area contributed by atoms with Crippen LogP contribution < -0.4 is 0 Å². The number of carbonyl (C=O) groups excluding carboxylic acids is 1. The first kappa shape index (κ1) is 12.8. The van der Waals surface area contributed by atoms with Crippen molar-refractivity contribution in [3.05, 3.63) is 0 Å². The summed E-state index contributed by atoms with van der Waals surface area (Å²) in [5.74, 6) is 0.442. The van der Waals surface area contributed by atoms with Crippen LogP contribution >= 0.6 is 11.6 Å². The topological polar surface area (TPSA) is 29.5 Å². The Bertz CT molecular complexity index is 205. The molecule has 2 atom stereocenters. The first-order chi connectivity index (χ1) is 7.19. The Morgan fingerprint density at radius 1 is 1.67 bits per heavy atom. The number of rotatable bonds is 5. The van der Waals surface area contributed by atoms with E-state index in [-0.39, 0.29) is 17.9 Å². The van der Waals surface area contributed by atoms with E-state index >= 15 is 0 Å². The second kappa shape index (κ2) is 6.33. The molecule has 0 aliphatic carbocycles. The van der Waals surface area contributed by atoms with Gasteiger partial charge in [0.05, 0.1) is 6.10 Å². The van der Waals surface area contributed by atoms with Crippen molar-refractivity contribution in [1.29, 1.82) is 0 Å². The van der Waals surface area contributed by atoms with Gasteiger partial charge < -0.3 is 9.64 Å². The van der Waals surface area contributed by atoms with Gasteiger partial charge >= 0.3 is 0 Å². The maximum absolute atomic E-state index is 11.9. The van der Waals surface area contributed by atoms with Gasteiger partial charge in [0, 0.05) is 31.5 Å². The number of carbonyl (C=O) groups is 1. The summed E-state index contributed by atoms with van der Waals surface area (Å²) < 4.78 is 5.52. The lowest BCUT2D eigenvalue weighted by molar-refractivity contribution is -0.135. The Morgan fingerprint density at radius 2 is 2.40 bits per heavy atom. The fourth-order valence-corrected chi connectivity index (χ4v) is 1.92. The zero-order valence-electron chi connectivity index (χ0n) is 9.54. The highest BCUT2D eigenvalue weighted by molar-refractivity contribution is 6.19. The third kappa shape index (κ3) is 3.65. The van der Waals surface area contributed by atoms with Gasteiger partial charge in [0.1, 0.15) is 0 Å². The van der Waals surface area contributed by atoms with E-state index in [0.29, 0.717) is 5.88 Å². The van der Waals surface area contributed by atoms with Gasteiger partial charge in [-0.15, -0.1) is 11.6 Å². The van der Waals surface area contributed by atoms with Crippen molar-refractivity contribution in [2.45, 2.75) is 32.8 Å². The largest absolute Gasteiger partial charge is 0.376 e. The molecule has 0 aromatic rings. The van der Waals surface area contributed by atoms with E-state index in [1.54, 1.807) is 0 Å². The third-order valence-corrected chi connectivity index (χ3v) is 3.26. The smallest absolute Gasteiger partial charge is 0.226 e. The van der Waals surface area contributed by atoms with Crippen molar-refractivity contribution in [2.24, 2.45) is 5.92 Å². The van der Waals surface area contributed by atoms with Crippen LogP contribution in [0.25, 0.3) is 0 Å². The molecular formula is C11H20ClNO2. The van der Waals surface area contributed by atoms with Crippen molar-refractivity contribution in [1.82, 2.24) is 4.90 Å². The third-order valence-electron chi connectivity index (χ3n) is 2.79. The molecule has 3 nitrogen and oxygen atoms in total. The van der Waals surface area contributed by atoms with Crippen LogP contribution in [0, 0.1) is 5.92 Å². The van der Waals surface area contributed by atoms with Crippen molar-refractivity contribution in [3.63, 3.8) is 0 Å². The number of alkyl halides is 1. The predicted molar refractivity (Wildman–Crippen MR) is 61.1 cm³/mol. The molecule has 0 radical (unpaired) electrons. The van der Waals surface area contributed by atoms with Gasteiger partial charge in [-0.25, -0.2) is 0 Å². The van der Waals surface area contributed by atoms with Crippen molar-refractivity contribution >= 4 is 17.5 Å². The number of halogens is 1. The van der Waals surface area contributed by atoms with E-state index < -0.39 is 0 Å². The molecule has 4 heteroatoms. The number of hydrogen-bond acceptors (Lipinski definition) is 2. The Kier molecular flexibility index (Phi) is 5.40. The highest BCUT2D eigenvalue weighted by Gasteiger charge is 2.24. The monoisotopic (exact) mass is 233 g/mol. The number of amides is 1. The summed E-state index contributed by atoms with van der Waals surface area (Å²) in [6, 6.07) is 0. The second-order valence-electron chi connectivity index (χ2n) is 4.07. The zero-order valence-corrected chi connectivity index (χ0v) is 10.3. The molecule has 0 aromatic carbocycles. The first-order valence-corrected chi connectivity index (χ1v) is 6.18. The molecular weight excluding hydrogens is 214 g/mol. The number of ether oxygens (including phenoxy) is 1. The molecule has 0 aromatic heterocycles. The van der Waals surface area contributed by atoms with Gasteiger partial charge in [-0.2, -0.15) is 0 Å². The highest BCUT2D eigenvalue weighted by atomic mass is 35.5. The SMILES string of the molecule is CCN(CC1CCCO1)C(=O)C(C)CCl. The lowest BCUT2D eigenvalue weighted by Gasteiger charge is -2.26. The summed E-state index contributed by atoms with van der Waals surface area (Å²) in [5.41, 5.74) is 0. The summed E-state index contributed by atoms with van der Waals surface area (Å²) >= 11 is 5.69. The van der Waals surface area contributed by atoms with Crippen molar-refractivity contribution < 1.29 is 9.53 Å². The fraction of sp³-hybridized carbons (Fsp3) is 0.909. The van der Waals surface area contributed by atoms with E-state index in [1.165, 1.54) is 0 Å². The lowest BCUT2D eigenvalue weighted by Crippen LogP contribution is -2.40. The van der Waals surface area contributed by atoms with Gasteiger partial charge in [0.2, 0.25) is 5.91 Å². The molecule has 0 spiro atoms. The highest BCUT2D eigenvalue weighted by Crippen LogP contribution is 2.15. The number of hydrogen-bond donors (Lipinski definition) is 0. The minimum absolute atomic E-state index is 0.0898. The zero-order chi connectivity index (χ0) is 11.3. The Hall–Kier alpha value is -0.280. The van der Waals surface area contributed by atoms with E-state index in [4.69, 9.17) is 16.3 Å². The minimum atomic E-state index is -0.0898. The van der Waals surface area contributed by atoms with Gasteiger partial charge in [-0.3, -0.25) is 4.79 Å². The van der Waals surface area contributed by atoms with E-state index in [2.05, 4.69) is 0 Å². The van der Waals surface area contributed by atoms with Crippen molar-refractivity contribution in [3.8, 4) is 0 Å². The predicted octanol–water partition coefficient (Wildman–Crippen LogP) is 1.89. The molecule has 1 rings (SSSR count). The summed E-state index contributed by atoms with van der Waals surface area (Å²) in [5, 5.41) is 0. The average Bonchev–Trinajstić information content (AvgIpc) is 2.76. The molecule has 2 unspecified atom stereocenters. The maximum Gasteiger partial charge on any atom is 0.226 e. The molecule has 0 saturated carbocycles. The van der Waals surface area contributed by atoms with Crippen LogP contribution in [-0.2, 0) is 9.53 Å². The van der Waals surface area contributed by atoms with Crippen LogP contribution in [0.1, 0.15) is 26.7 Å². The lowest BCUT2D eigenvalue weighted by atomic mass is 10.1.